The zero-order chi connectivity index (χ0) is 14.3. The molecule has 0 bridgehead atoms. The fourth-order valence-electron chi connectivity index (χ4n) is 1.97. The molecule has 1 N–H and O–H groups in total. The Morgan fingerprint density at radius 2 is 1.90 bits per heavy atom. The van der Waals surface area contributed by atoms with Crippen LogP contribution in [0.5, 0.6) is 0 Å². The first-order valence-corrected chi connectivity index (χ1v) is 6.96. The van der Waals surface area contributed by atoms with E-state index in [1.165, 1.54) is 0 Å². The van der Waals surface area contributed by atoms with Crippen molar-refractivity contribution in [3.63, 3.8) is 0 Å². The van der Waals surface area contributed by atoms with Crippen LogP contribution >= 0.6 is 11.8 Å². The van der Waals surface area contributed by atoms with Gasteiger partial charge in [-0.2, -0.15) is 16.7 Å². The highest BCUT2D eigenvalue weighted by atomic mass is 32.2. The molecule has 2 aromatic rings. The predicted octanol–water partition coefficient (Wildman–Crippen LogP) is 2.35. The van der Waals surface area contributed by atoms with Gasteiger partial charge in [-0.15, -0.1) is 0 Å². The first kappa shape index (κ1) is 13.4. The van der Waals surface area contributed by atoms with Crippen LogP contribution in [0, 0.1) is 17.5 Å². The molecule has 2 unspecified atom stereocenters. The fraction of sp³-hybridized carbons (Fsp3) is 0.333. The van der Waals surface area contributed by atoms with E-state index in [4.69, 9.17) is 4.52 Å². The summed E-state index contributed by atoms with van der Waals surface area (Å²) < 4.78 is 44.2. The minimum Gasteiger partial charge on any atom is -0.391 e. The molecule has 0 spiro atoms. The third-order valence-corrected chi connectivity index (χ3v) is 4.22. The van der Waals surface area contributed by atoms with E-state index in [-0.39, 0.29) is 23.2 Å². The Hall–Kier alpha value is -1.54. The summed E-state index contributed by atoms with van der Waals surface area (Å²) in [5, 5.41) is 13.3. The normalized spacial score (nSPS) is 22.4. The molecular formula is C12H9F3N2O2S. The summed E-state index contributed by atoms with van der Waals surface area (Å²) in [6.45, 7) is 0. The Kier molecular flexibility index (Phi) is 3.43. The number of rotatable bonds is 2. The van der Waals surface area contributed by atoms with Crippen LogP contribution < -0.4 is 0 Å². The van der Waals surface area contributed by atoms with Crippen molar-refractivity contribution in [3.8, 4) is 11.4 Å². The van der Waals surface area contributed by atoms with E-state index in [0.717, 1.165) is 12.1 Å². The van der Waals surface area contributed by atoms with Crippen molar-refractivity contribution in [2.45, 2.75) is 12.0 Å². The summed E-state index contributed by atoms with van der Waals surface area (Å²) in [6, 6.07) is 1.60. The lowest BCUT2D eigenvalue weighted by Gasteiger charge is -2.06. The topological polar surface area (TPSA) is 59.2 Å². The second-order valence-corrected chi connectivity index (χ2v) is 5.50. The molecule has 1 aromatic heterocycles. The van der Waals surface area contributed by atoms with Crippen LogP contribution in [0.2, 0.25) is 0 Å². The highest BCUT2D eigenvalue weighted by Crippen LogP contribution is 2.33. The average molecular weight is 302 g/mol. The van der Waals surface area contributed by atoms with Crippen molar-refractivity contribution in [2.75, 3.05) is 11.5 Å². The lowest BCUT2D eigenvalue weighted by atomic mass is 10.1. The second kappa shape index (κ2) is 5.10. The summed E-state index contributed by atoms with van der Waals surface area (Å²) in [6.07, 6.45) is -0.588. The number of nitrogens with zero attached hydrogens (tertiary/aromatic N) is 2. The Morgan fingerprint density at radius 1 is 1.20 bits per heavy atom. The third-order valence-electron chi connectivity index (χ3n) is 3.05. The number of aliphatic hydroxyl groups excluding tert-OH is 1. The molecule has 2 heterocycles. The maximum absolute atomic E-state index is 13.2. The second-order valence-electron chi connectivity index (χ2n) is 4.42. The summed E-state index contributed by atoms with van der Waals surface area (Å²) in [5.74, 6) is -3.09. The van der Waals surface area contributed by atoms with Crippen LogP contribution in [0.3, 0.4) is 0 Å². The molecule has 8 heteroatoms. The minimum absolute atomic E-state index is 0.0171. The first-order chi connectivity index (χ1) is 9.56. The molecular weight excluding hydrogens is 293 g/mol. The van der Waals surface area contributed by atoms with Gasteiger partial charge in [-0.3, -0.25) is 0 Å². The Morgan fingerprint density at radius 3 is 2.50 bits per heavy atom. The maximum Gasteiger partial charge on any atom is 0.233 e. The van der Waals surface area contributed by atoms with Gasteiger partial charge in [0, 0.05) is 17.1 Å². The largest absolute Gasteiger partial charge is 0.391 e. The molecule has 1 aliphatic heterocycles. The molecule has 1 aliphatic rings. The third kappa shape index (κ3) is 2.29. The van der Waals surface area contributed by atoms with Gasteiger partial charge in [0.1, 0.15) is 0 Å². The summed E-state index contributed by atoms with van der Waals surface area (Å²) in [5.41, 5.74) is -0.0171. The maximum atomic E-state index is 13.2. The van der Waals surface area contributed by atoms with Crippen LogP contribution in [0.25, 0.3) is 11.4 Å². The Bertz CT molecular complexity index is 626. The SMILES string of the molecule is OC1CSCC1c1nc(-c2cc(F)c(F)c(F)c2)no1. The van der Waals surface area contributed by atoms with Gasteiger partial charge in [0.2, 0.25) is 11.7 Å². The molecule has 1 saturated heterocycles. The lowest BCUT2D eigenvalue weighted by molar-refractivity contribution is 0.164. The summed E-state index contributed by atoms with van der Waals surface area (Å²) in [7, 11) is 0. The first-order valence-electron chi connectivity index (χ1n) is 5.80. The quantitative estimate of drug-likeness (QED) is 0.863. The van der Waals surface area contributed by atoms with Crippen LogP contribution in [-0.4, -0.2) is 32.9 Å². The van der Waals surface area contributed by atoms with E-state index < -0.39 is 23.6 Å². The van der Waals surface area contributed by atoms with Crippen LogP contribution in [0.1, 0.15) is 11.8 Å². The van der Waals surface area contributed by atoms with Gasteiger partial charge in [0.25, 0.3) is 0 Å². The van der Waals surface area contributed by atoms with E-state index in [0.29, 0.717) is 11.5 Å². The summed E-state index contributed by atoms with van der Waals surface area (Å²) >= 11 is 1.55. The molecule has 0 amide bonds. The average Bonchev–Trinajstić information content (AvgIpc) is 3.03. The highest BCUT2D eigenvalue weighted by molar-refractivity contribution is 7.99. The molecule has 106 valence electrons. The monoisotopic (exact) mass is 302 g/mol. The fourth-order valence-corrected chi connectivity index (χ4v) is 3.20. The lowest BCUT2D eigenvalue weighted by Crippen LogP contribution is -2.15. The van der Waals surface area contributed by atoms with E-state index >= 15 is 0 Å². The molecule has 0 aliphatic carbocycles. The molecule has 2 atom stereocenters. The molecule has 4 nitrogen and oxygen atoms in total. The highest BCUT2D eigenvalue weighted by Gasteiger charge is 2.32. The smallest absolute Gasteiger partial charge is 0.233 e. The van der Waals surface area contributed by atoms with Crippen molar-refractivity contribution >= 4 is 11.8 Å². The minimum atomic E-state index is -1.54. The number of aliphatic hydroxyl groups is 1. The van der Waals surface area contributed by atoms with Gasteiger partial charge < -0.3 is 9.63 Å². The molecule has 0 saturated carbocycles. The van der Waals surface area contributed by atoms with E-state index in [9.17, 15) is 18.3 Å². The molecule has 0 radical (unpaired) electrons. The van der Waals surface area contributed by atoms with Gasteiger partial charge in [-0.05, 0) is 12.1 Å². The molecule has 3 rings (SSSR count). The van der Waals surface area contributed by atoms with E-state index in [1.807, 2.05) is 0 Å². The van der Waals surface area contributed by atoms with Crippen molar-refractivity contribution in [1.29, 1.82) is 0 Å². The van der Waals surface area contributed by atoms with Gasteiger partial charge in [0.15, 0.2) is 17.5 Å². The van der Waals surface area contributed by atoms with Gasteiger partial charge in [-0.1, -0.05) is 5.16 Å². The number of benzene rings is 1. The van der Waals surface area contributed by atoms with Crippen molar-refractivity contribution in [3.05, 3.63) is 35.5 Å². The summed E-state index contributed by atoms with van der Waals surface area (Å²) in [4.78, 5) is 4.02. The van der Waals surface area contributed by atoms with Crippen molar-refractivity contribution < 1.29 is 22.8 Å². The standard InChI is InChI=1S/C12H9F3N2O2S/c13-7-1-5(2-8(14)10(7)15)11-16-12(19-17-11)6-3-20-4-9(6)18/h1-2,6,9,18H,3-4H2. The number of halogens is 3. The van der Waals surface area contributed by atoms with Crippen molar-refractivity contribution in [1.82, 2.24) is 10.1 Å². The van der Waals surface area contributed by atoms with Crippen LogP contribution in [0.15, 0.2) is 16.7 Å². The van der Waals surface area contributed by atoms with E-state index in [2.05, 4.69) is 10.1 Å². The number of hydrogen-bond acceptors (Lipinski definition) is 5. The Balaban J connectivity index is 1.94. The van der Waals surface area contributed by atoms with Gasteiger partial charge in [-0.25, -0.2) is 13.2 Å². The van der Waals surface area contributed by atoms with E-state index in [1.54, 1.807) is 11.8 Å². The number of thioether (sulfide) groups is 1. The zero-order valence-electron chi connectivity index (χ0n) is 10.0. The van der Waals surface area contributed by atoms with Gasteiger partial charge in [0.05, 0.1) is 12.0 Å². The van der Waals surface area contributed by atoms with Crippen molar-refractivity contribution in [2.24, 2.45) is 0 Å². The molecule has 1 aromatic carbocycles. The predicted molar refractivity (Wildman–Crippen MR) is 65.7 cm³/mol. The zero-order valence-corrected chi connectivity index (χ0v) is 10.8. The molecule has 1 fully saturated rings. The van der Waals surface area contributed by atoms with Crippen LogP contribution in [-0.2, 0) is 0 Å². The van der Waals surface area contributed by atoms with Crippen LogP contribution in [0.4, 0.5) is 13.2 Å². The number of hydrogen-bond donors (Lipinski definition) is 1. The molecule has 20 heavy (non-hydrogen) atoms. The Labute approximate surface area is 116 Å². The number of aromatic nitrogens is 2. The van der Waals surface area contributed by atoms with Gasteiger partial charge >= 0.3 is 0 Å².